The molecule has 11 nitrogen and oxygen atoms in total. The first-order chi connectivity index (χ1) is 21.4. The molecule has 2 amide bonds. The van der Waals surface area contributed by atoms with Crippen molar-refractivity contribution in [3.63, 3.8) is 0 Å². The average molecular weight is 637 g/mol. The van der Waals surface area contributed by atoms with Gasteiger partial charge in [-0.3, -0.25) is 4.68 Å². The molecule has 2 N–H and O–H groups in total. The van der Waals surface area contributed by atoms with E-state index < -0.39 is 23.6 Å². The van der Waals surface area contributed by atoms with Crippen LogP contribution in [-0.4, -0.2) is 62.7 Å². The third kappa shape index (κ3) is 6.36. The molecule has 1 saturated carbocycles. The number of pyridine rings is 1. The van der Waals surface area contributed by atoms with E-state index in [2.05, 4.69) is 10.1 Å². The minimum atomic E-state index is -1.09. The molecule has 0 bridgehead atoms. The van der Waals surface area contributed by atoms with Crippen molar-refractivity contribution in [2.24, 2.45) is 12.8 Å². The fraction of sp³-hybridized carbons (Fsp3) is 0.469. The SMILES string of the molecule is CN(Cc1nc(-c2cnc(OC(N)=O)c3c(F)c(-c4cnn(C)c4C4CC4)ccc23)sc1C1CCOCC1)C(=O)OC(C)(C)C. The van der Waals surface area contributed by atoms with Crippen LogP contribution in [0.4, 0.5) is 14.0 Å². The van der Waals surface area contributed by atoms with Gasteiger partial charge in [-0.1, -0.05) is 12.1 Å². The predicted molar refractivity (Wildman–Crippen MR) is 168 cm³/mol. The maximum Gasteiger partial charge on any atom is 0.411 e. The van der Waals surface area contributed by atoms with Gasteiger partial charge in [-0.2, -0.15) is 5.10 Å². The number of nitrogens with zero attached hydrogens (tertiary/aromatic N) is 5. The molecule has 1 aliphatic heterocycles. The number of hydrogen-bond donors (Lipinski definition) is 1. The summed E-state index contributed by atoms with van der Waals surface area (Å²) < 4.78 is 34.8. The van der Waals surface area contributed by atoms with Crippen molar-refractivity contribution in [3.8, 4) is 27.6 Å². The smallest absolute Gasteiger partial charge is 0.411 e. The second kappa shape index (κ2) is 12.0. The monoisotopic (exact) mass is 636 g/mol. The number of carbonyl (C=O) groups excluding carboxylic acids is 2. The third-order valence-electron chi connectivity index (χ3n) is 8.04. The summed E-state index contributed by atoms with van der Waals surface area (Å²) in [6.45, 7) is 6.96. The van der Waals surface area contributed by atoms with Gasteiger partial charge < -0.3 is 24.8 Å². The molecule has 0 unspecified atom stereocenters. The lowest BCUT2D eigenvalue weighted by atomic mass is 9.97. The van der Waals surface area contributed by atoms with E-state index in [1.807, 2.05) is 27.8 Å². The first kappa shape index (κ1) is 30.9. The molecule has 238 valence electrons. The number of ether oxygens (including phenoxy) is 3. The highest BCUT2D eigenvalue weighted by Gasteiger charge is 2.32. The van der Waals surface area contributed by atoms with E-state index in [0.29, 0.717) is 46.2 Å². The fourth-order valence-corrected chi connectivity index (χ4v) is 7.08. The molecular weight excluding hydrogens is 599 g/mol. The first-order valence-corrected chi connectivity index (χ1v) is 15.9. The summed E-state index contributed by atoms with van der Waals surface area (Å²) >= 11 is 1.49. The number of aromatic nitrogens is 4. The fourth-order valence-electron chi connectivity index (χ4n) is 5.81. The Morgan fingerprint density at radius 3 is 2.51 bits per heavy atom. The van der Waals surface area contributed by atoms with Gasteiger partial charge in [0.05, 0.1) is 23.8 Å². The number of primary amides is 1. The van der Waals surface area contributed by atoms with Crippen molar-refractivity contribution < 1.29 is 28.2 Å². The van der Waals surface area contributed by atoms with Gasteiger partial charge in [-0.05, 0) is 52.4 Å². The molecular formula is C32H37FN6O5S. The van der Waals surface area contributed by atoms with Gasteiger partial charge in [0, 0.05) is 72.1 Å². The van der Waals surface area contributed by atoms with Gasteiger partial charge >= 0.3 is 12.2 Å². The van der Waals surface area contributed by atoms with Crippen molar-refractivity contribution in [3.05, 3.63) is 46.6 Å². The molecule has 4 heterocycles. The Hall–Kier alpha value is -4.10. The van der Waals surface area contributed by atoms with Crippen molar-refractivity contribution in [2.75, 3.05) is 20.3 Å². The standard InChI is InChI=1S/C32H37FN6O5S/c1-32(2,3)44-31(41)38(4)16-23-27(18-10-12-42-13-11-18)45-29(37-23)22-14-35-28(43-30(34)40)24-19(22)8-9-20(25(24)33)21-15-36-39(5)26(21)17-6-7-17/h8-9,14-15,17-18H,6-7,10-13,16H2,1-5H3,(H2,34,40). The van der Waals surface area contributed by atoms with E-state index in [0.717, 1.165) is 41.9 Å². The largest absolute Gasteiger partial charge is 0.444 e. The molecule has 3 aromatic heterocycles. The van der Waals surface area contributed by atoms with Crippen LogP contribution in [0.5, 0.6) is 5.88 Å². The average Bonchev–Trinajstić information content (AvgIpc) is 3.62. The van der Waals surface area contributed by atoms with Gasteiger partial charge in [0.25, 0.3) is 0 Å². The maximum atomic E-state index is 16.6. The minimum absolute atomic E-state index is 0.0321. The number of thiazole rings is 1. The van der Waals surface area contributed by atoms with Crippen LogP contribution in [0, 0.1) is 5.82 Å². The van der Waals surface area contributed by atoms with Crippen molar-refractivity contribution in [2.45, 2.75) is 70.4 Å². The zero-order valence-electron chi connectivity index (χ0n) is 26.1. The van der Waals surface area contributed by atoms with E-state index in [1.54, 1.807) is 30.1 Å². The summed E-state index contributed by atoms with van der Waals surface area (Å²) in [7, 11) is 3.53. The second-order valence-electron chi connectivity index (χ2n) is 12.6. The van der Waals surface area contributed by atoms with E-state index in [9.17, 15) is 9.59 Å². The number of nitrogens with two attached hydrogens (primary N) is 1. The molecule has 6 rings (SSSR count). The molecule has 0 spiro atoms. The summed E-state index contributed by atoms with van der Waals surface area (Å²) in [5, 5.41) is 5.51. The lowest BCUT2D eigenvalue weighted by Crippen LogP contribution is -2.34. The van der Waals surface area contributed by atoms with Crippen LogP contribution in [0.15, 0.2) is 24.5 Å². The highest BCUT2D eigenvalue weighted by atomic mass is 32.1. The molecule has 0 atom stereocenters. The van der Waals surface area contributed by atoms with Crippen LogP contribution in [0.3, 0.4) is 0 Å². The van der Waals surface area contributed by atoms with Crippen LogP contribution < -0.4 is 10.5 Å². The third-order valence-corrected chi connectivity index (χ3v) is 9.33. The first-order valence-electron chi connectivity index (χ1n) is 15.0. The second-order valence-corrected chi connectivity index (χ2v) is 13.7. The summed E-state index contributed by atoms with van der Waals surface area (Å²) in [5.74, 6) is -0.286. The minimum Gasteiger partial charge on any atom is -0.444 e. The zero-order valence-corrected chi connectivity index (χ0v) is 26.9. The van der Waals surface area contributed by atoms with Crippen LogP contribution in [0.2, 0.25) is 0 Å². The number of carbonyl (C=O) groups is 2. The Morgan fingerprint density at radius 2 is 1.84 bits per heavy atom. The summed E-state index contributed by atoms with van der Waals surface area (Å²) in [5.41, 5.74) is 8.03. The number of rotatable bonds is 7. The lowest BCUT2D eigenvalue weighted by Gasteiger charge is -2.25. The van der Waals surface area contributed by atoms with Gasteiger partial charge in [0.1, 0.15) is 16.4 Å². The van der Waals surface area contributed by atoms with Crippen molar-refractivity contribution in [1.29, 1.82) is 0 Å². The summed E-state index contributed by atoms with van der Waals surface area (Å²) in [6, 6.07) is 3.52. The maximum absolute atomic E-state index is 16.6. The Bertz CT molecular complexity index is 1770. The molecule has 0 radical (unpaired) electrons. The highest BCUT2D eigenvalue weighted by molar-refractivity contribution is 7.15. The van der Waals surface area contributed by atoms with Gasteiger partial charge in [0.2, 0.25) is 5.88 Å². The highest BCUT2D eigenvalue weighted by Crippen LogP contribution is 2.47. The number of amides is 2. The number of fused-ring (bicyclic) bond motifs is 1. The van der Waals surface area contributed by atoms with E-state index in [4.69, 9.17) is 24.9 Å². The molecule has 2 fully saturated rings. The Labute approximate surface area is 264 Å². The van der Waals surface area contributed by atoms with E-state index in [1.165, 1.54) is 22.4 Å². The molecule has 2 aliphatic rings. The van der Waals surface area contributed by atoms with Crippen LogP contribution >= 0.6 is 11.3 Å². The number of halogens is 1. The lowest BCUT2D eigenvalue weighted by molar-refractivity contribution is 0.0282. The van der Waals surface area contributed by atoms with Gasteiger partial charge in [-0.15, -0.1) is 11.3 Å². The van der Waals surface area contributed by atoms with Crippen LogP contribution in [0.1, 0.15) is 74.6 Å². The molecule has 1 saturated heterocycles. The topological polar surface area (TPSA) is 135 Å². The summed E-state index contributed by atoms with van der Waals surface area (Å²) in [4.78, 5) is 36.5. The number of aryl methyl sites for hydroxylation is 1. The van der Waals surface area contributed by atoms with Gasteiger partial charge in [-0.25, -0.2) is 23.9 Å². The Morgan fingerprint density at radius 1 is 1.11 bits per heavy atom. The van der Waals surface area contributed by atoms with Crippen molar-refractivity contribution in [1.82, 2.24) is 24.6 Å². The van der Waals surface area contributed by atoms with Crippen molar-refractivity contribution >= 4 is 34.3 Å². The van der Waals surface area contributed by atoms with E-state index >= 15 is 4.39 Å². The molecule has 1 aliphatic carbocycles. The Balaban J connectivity index is 1.47. The summed E-state index contributed by atoms with van der Waals surface area (Å²) in [6.07, 6.45) is 5.33. The molecule has 4 aromatic rings. The quantitative estimate of drug-likeness (QED) is 0.243. The number of benzene rings is 1. The normalized spacial score (nSPS) is 15.8. The molecule has 1 aromatic carbocycles. The van der Waals surface area contributed by atoms with E-state index in [-0.39, 0.29) is 23.7 Å². The predicted octanol–water partition coefficient (Wildman–Crippen LogP) is 6.49. The molecule has 45 heavy (non-hydrogen) atoms. The van der Waals surface area contributed by atoms with Crippen LogP contribution in [-0.2, 0) is 23.1 Å². The van der Waals surface area contributed by atoms with Gasteiger partial charge in [0.15, 0.2) is 0 Å². The zero-order chi connectivity index (χ0) is 32.0. The van der Waals surface area contributed by atoms with Crippen LogP contribution in [0.25, 0.3) is 32.5 Å². The number of hydrogen-bond acceptors (Lipinski definition) is 9. The Kier molecular flexibility index (Phi) is 8.25. The molecule has 13 heteroatoms.